The number of hydrogen-bond donors (Lipinski definition) is 2. The van der Waals surface area contributed by atoms with Crippen molar-refractivity contribution in [3.63, 3.8) is 0 Å². The Morgan fingerprint density at radius 3 is 1.74 bits per heavy atom. The van der Waals surface area contributed by atoms with Gasteiger partial charge in [0.2, 0.25) is 0 Å². The summed E-state index contributed by atoms with van der Waals surface area (Å²) >= 11 is 0. The number of imide groups is 1. The molecule has 0 aromatic heterocycles. The van der Waals surface area contributed by atoms with Crippen molar-refractivity contribution in [2.24, 2.45) is 0 Å². The highest BCUT2D eigenvalue weighted by Crippen LogP contribution is 2.13. The Bertz CT molecular complexity index is 581. The fourth-order valence-corrected chi connectivity index (χ4v) is 1.68. The van der Waals surface area contributed by atoms with Crippen molar-refractivity contribution in [3.05, 3.63) is 65.2 Å². The fraction of sp³-hybridized carbons (Fsp3) is 0.0667. The number of phenolic OH excluding ortho intramolecular Hbond substituents is 1. The predicted molar refractivity (Wildman–Crippen MR) is 71.1 cm³/mol. The molecule has 0 saturated heterocycles. The van der Waals surface area contributed by atoms with E-state index >= 15 is 0 Å². The van der Waals surface area contributed by atoms with E-state index in [1.165, 1.54) is 0 Å². The number of aryl methyl sites for hydroxylation is 1. The Kier molecular flexibility index (Phi) is 3.61. The second-order valence-corrected chi connectivity index (χ2v) is 4.12. The minimum absolute atomic E-state index is 0.300. The van der Waals surface area contributed by atoms with Gasteiger partial charge in [-0.05, 0) is 30.7 Å². The minimum Gasteiger partial charge on any atom is -0.508 e. The van der Waals surface area contributed by atoms with Gasteiger partial charge < -0.3 is 5.11 Å². The summed E-state index contributed by atoms with van der Waals surface area (Å²) in [5.74, 6) is -0.233. The van der Waals surface area contributed by atoms with Crippen LogP contribution in [-0.4, -0.2) is 16.9 Å². The molecule has 2 aromatic rings. The SMILES string of the molecule is Cc1ccccc1O.O=C1NC(=O)c2ccccc21. The topological polar surface area (TPSA) is 66.4 Å². The number of aromatic hydroxyl groups is 1. The summed E-state index contributed by atoms with van der Waals surface area (Å²) in [7, 11) is 0. The fourth-order valence-electron chi connectivity index (χ4n) is 1.68. The van der Waals surface area contributed by atoms with Crippen molar-refractivity contribution in [2.75, 3.05) is 0 Å². The number of amides is 2. The van der Waals surface area contributed by atoms with Gasteiger partial charge >= 0.3 is 0 Å². The number of benzene rings is 2. The van der Waals surface area contributed by atoms with Crippen LogP contribution in [0, 0.1) is 6.92 Å². The molecule has 0 unspecified atom stereocenters. The van der Waals surface area contributed by atoms with Crippen LogP contribution >= 0.6 is 0 Å². The van der Waals surface area contributed by atoms with Crippen LogP contribution in [0.4, 0.5) is 0 Å². The molecule has 0 bridgehead atoms. The van der Waals surface area contributed by atoms with Crippen molar-refractivity contribution in [2.45, 2.75) is 6.92 Å². The number of carbonyl (C=O) groups is 2. The third-order valence-electron chi connectivity index (χ3n) is 2.76. The molecule has 0 spiro atoms. The molecular formula is C15H13NO3. The van der Waals surface area contributed by atoms with Gasteiger partial charge in [-0.1, -0.05) is 30.3 Å². The van der Waals surface area contributed by atoms with Crippen LogP contribution in [-0.2, 0) is 0 Å². The van der Waals surface area contributed by atoms with Gasteiger partial charge in [0.1, 0.15) is 5.75 Å². The first-order chi connectivity index (χ1) is 9.09. The maximum Gasteiger partial charge on any atom is 0.258 e. The highest BCUT2D eigenvalue weighted by atomic mass is 16.3. The van der Waals surface area contributed by atoms with E-state index in [0.29, 0.717) is 16.9 Å². The maximum absolute atomic E-state index is 10.9. The Morgan fingerprint density at radius 2 is 1.32 bits per heavy atom. The maximum atomic E-state index is 10.9. The number of fused-ring (bicyclic) bond motifs is 1. The first-order valence-electron chi connectivity index (χ1n) is 5.79. The van der Waals surface area contributed by atoms with E-state index in [-0.39, 0.29) is 11.8 Å². The number of hydrogen-bond acceptors (Lipinski definition) is 3. The van der Waals surface area contributed by atoms with Crippen LogP contribution in [0.15, 0.2) is 48.5 Å². The molecule has 0 aliphatic carbocycles. The second-order valence-electron chi connectivity index (χ2n) is 4.12. The van der Waals surface area contributed by atoms with Gasteiger partial charge in [0.15, 0.2) is 0 Å². The Balaban J connectivity index is 0.000000148. The number of nitrogens with one attached hydrogen (secondary N) is 1. The molecule has 1 aliphatic heterocycles. The van der Waals surface area contributed by atoms with E-state index in [1.807, 2.05) is 25.1 Å². The van der Waals surface area contributed by atoms with Gasteiger partial charge in [-0.2, -0.15) is 0 Å². The predicted octanol–water partition coefficient (Wildman–Crippen LogP) is 2.27. The summed E-state index contributed by atoms with van der Waals surface area (Å²) in [6, 6.07) is 14.0. The van der Waals surface area contributed by atoms with Gasteiger partial charge in [-0.3, -0.25) is 14.9 Å². The van der Waals surface area contributed by atoms with Crippen molar-refractivity contribution >= 4 is 11.8 Å². The number of phenols is 1. The summed E-state index contributed by atoms with van der Waals surface area (Å²) in [4.78, 5) is 21.9. The molecule has 0 saturated carbocycles. The van der Waals surface area contributed by atoms with Gasteiger partial charge in [-0.15, -0.1) is 0 Å². The van der Waals surface area contributed by atoms with Crippen LogP contribution in [0.3, 0.4) is 0 Å². The summed E-state index contributed by atoms with van der Waals surface area (Å²) in [5, 5.41) is 11.1. The molecule has 3 rings (SSSR count). The van der Waals surface area contributed by atoms with Gasteiger partial charge in [0.25, 0.3) is 11.8 Å². The van der Waals surface area contributed by atoms with Crippen LogP contribution in [0.2, 0.25) is 0 Å². The Labute approximate surface area is 110 Å². The van der Waals surface area contributed by atoms with Gasteiger partial charge in [0.05, 0.1) is 11.1 Å². The zero-order valence-corrected chi connectivity index (χ0v) is 10.4. The molecule has 1 heterocycles. The highest BCUT2D eigenvalue weighted by molar-refractivity contribution is 6.21. The number of carbonyl (C=O) groups excluding carboxylic acids is 2. The van der Waals surface area contributed by atoms with Crippen LogP contribution in [0.1, 0.15) is 26.3 Å². The molecule has 0 atom stereocenters. The van der Waals surface area contributed by atoms with Crippen molar-refractivity contribution in [3.8, 4) is 5.75 Å². The monoisotopic (exact) mass is 255 g/mol. The average molecular weight is 255 g/mol. The molecule has 0 fully saturated rings. The lowest BCUT2D eigenvalue weighted by atomic mass is 10.1. The van der Waals surface area contributed by atoms with Crippen molar-refractivity contribution in [1.29, 1.82) is 0 Å². The summed E-state index contributed by atoms with van der Waals surface area (Å²) < 4.78 is 0. The van der Waals surface area contributed by atoms with Crippen LogP contribution < -0.4 is 5.32 Å². The van der Waals surface area contributed by atoms with E-state index in [4.69, 9.17) is 5.11 Å². The van der Waals surface area contributed by atoms with E-state index in [0.717, 1.165) is 5.56 Å². The largest absolute Gasteiger partial charge is 0.508 e. The number of para-hydroxylation sites is 1. The smallest absolute Gasteiger partial charge is 0.258 e. The third-order valence-corrected chi connectivity index (χ3v) is 2.76. The van der Waals surface area contributed by atoms with E-state index in [2.05, 4.69) is 5.32 Å². The van der Waals surface area contributed by atoms with Crippen LogP contribution in [0.25, 0.3) is 0 Å². The Morgan fingerprint density at radius 1 is 0.842 bits per heavy atom. The lowest BCUT2D eigenvalue weighted by Crippen LogP contribution is -2.19. The Hall–Kier alpha value is -2.62. The highest BCUT2D eigenvalue weighted by Gasteiger charge is 2.25. The summed E-state index contributed by atoms with van der Waals surface area (Å²) in [6.07, 6.45) is 0. The molecule has 0 radical (unpaired) electrons. The lowest BCUT2D eigenvalue weighted by Gasteiger charge is -1.92. The normalized spacial score (nSPS) is 12.3. The zero-order valence-electron chi connectivity index (χ0n) is 10.4. The van der Waals surface area contributed by atoms with E-state index in [1.54, 1.807) is 30.3 Å². The first-order valence-corrected chi connectivity index (χ1v) is 5.79. The third kappa shape index (κ3) is 2.80. The summed E-state index contributed by atoms with van der Waals surface area (Å²) in [5.41, 5.74) is 1.86. The molecular weight excluding hydrogens is 242 g/mol. The first kappa shape index (κ1) is 12.8. The molecule has 96 valence electrons. The standard InChI is InChI=1S/C8H5NO2.C7H8O/c10-7-5-3-1-2-4-6(5)8(11)9-7;1-6-4-2-3-5-7(6)8/h1-4H,(H,9,10,11);2-5,8H,1H3. The molecule has 4 heteroatoms. The zero-order chi connectivity index (χ0) is 13.8. The quantitative estimate of drug-likeness (QED) is 0.710. The molecule has 19 heavy (non-hydrogen) atoms. The van der Waals surface area contributed by atoms with Gasteiger partial charge in [-0.25, -0.2) is 0 Å². The van der Waals surface area contributed by atoms with Crippen LogP contribution in [0.5, 0.6) is 5.75 Å². The molecule has 2 aromatic carbocycles. The number of rotatable bonds is 0. The van der Waals surface area contributed by atoms with Gasteiger partial charge in [0, 0.05) is 0 Å². The van der Waals surface area contributed by atoms with Crippen molar-refractivity contribution in [1.82, 2.24) is 5.32 Å². The second kappa shape index (κ2) is 5.35. The van der Waals surface area contributed by atoms with E-state index in [9.17, 15) is 9.59 Å². The lowest BCUT2D eigenvalue weighted by molar-refractivity contribution is 0.0879. The van der Waals surface area contributed by atoms with Crippen molar-refractivity contribution < 1.29 is 14.7 Å². The molecule has 1 aliphatic rings. The minimum atomic E-state index is -0.300. The van der Waals surface area contributed by atoms with E-state index < -0.39 is 0 Å². The molecule has 4 nitrogen and oxygen atoms in total. The average Bonchev–Trinajstić information content (AvgIpc) is 2.70. The molecule has 2 amide bonds. The molecule has 2 N–H and O–H groups in total. The summed E-state index contributed by atoms with van der Waals surface area (Å²) in [6.45, 7) is 1.87.